The zero-order valence-corrected chi connectivity index (χ0v) is 25.8. The van der Waals surface area contributed by atoms with Crippen molar-refractivity contribution in [2.45, 2.75) is 0 Å². The minimum absolute atomic E-state index is 0.590. The number of aromatic nitrogens is 2. The quantitative estimate of drug-likeness (QED) is 0.199. The van der Waals surface area contributed by atoms with Crippen molar-refractivity contribution < 1.29 is 0 Å². The number of nitriles is 2. The van der Waals surface area contributed by atoms with Gasteiger partial charge in [-0.15, -0.1) is 0 Å². The van der Waals surface area contributed by atoms with Crippen LogP contribution in [0.1, 0.15) is 11.1 Å². The summed E-state index contributed by atoms with van der Waals surface area (Å²) in [4.78, 5) is 0. The third kappa shape index (κ3) is 4.01. The molecule has 0 saturated carbocycles. The van der Waals surface area contributed by atoms with Gasteiger partial charge in [-0.05, 0) is 71.3 Å². The molecule has 2 aromatic heterocycles. The third-order valence-electron chi connectivity index (χ3n) is 9.40. The Labute approximate surface area is 277 Å². The standard InChI is InChI=1S/C44H26N4/c45-27-29-24-25-41-38(26-29)43-35(18-11-23-42(43)48(41)39-21-8-4-12-30(39)28-46)32-15-5-6-16-33(32)36-19-10-20-37-34-17-7-9-22-40(34)47(44(36)37)31-13-2-1-3-14-31/h1-26H. The summed E-state index contributed by atoms with van der Waals surface area (Å²) in [6.07, 6.45) is 0. The molecule has 0 radical (unpaired) electrons. The molecule has 0 N–H and O–H groups in total. The number of rotatable bonds is 4. The van der Waals surface area contributed by atoms with E-state index in [2.05, 4.69) is 137 Å². The van der Waals surface area contributed by atoms with E-state index in [1.54, 1.807) is 0 Å². The maximum absolute atomic E-state index is 10.1. The summed E-state index contributed by atoms with van der Waals surface area (Å²) in [6, 6.07) is 59.0. The van der Waals surface area contributed by atoms with Gasteiger partial charge in [-0.25, -0.2) is 0 Å². The van der Waals surface area contributed by atoms with E-state index in [9.17, 15) is 10.5 Å². The number of hydrogen-bond donors (Lipinski definition) is 0. The lowest BCUT2D eigenvalue weighted by Crippen LogP contribution is -1.97. The van der Waals surface area contributed by atoms with Crippen LogP contribution in [0.3, 0.4) is 0 Å². The second-order valence-corrected chi connectivity index (χ2v) is 11.9. The van der Waals surface area contributed by atoms with Crippen molar-refractivity contribution in [3.8, 4) is 45.8 Å². The molecular weight excluding hydrogens is 585 g/mol. The van der Waals surface area contributed by atoms with Crippen LogP contribution in [0.25, 0.3) is 77.2 Å². The molecule has 9 aromatic rings. The van der Waals surface area contributed by atoms with Gasteiger partial charge in [-0.2, -0.15) is 10.5 Å². The Morgan fingerprint density at radius 1 is 0.417 bits per heavy atom. The molecule has 0 spiro atoms. The van der Waals surface area contributed by atoms with Crippen molar-refractivity contribution in [1.82, 2.24) is 9.13 Å². The van der Waals surface area contributed by atoms with Gasteiger partial charge in [0.05, 0.1) is 45.0 Å². The summed E-state index contributed by atoms with van der Waals surface area (Å²) >= 11 is 0. The van der Waals surface area contributed by atoms with Crippen molar-refractivity contribution in [2.24, 2.45) is 0 Å². The van der Waals surface area contributed by atoms with Crippen LogP contribution in [-0.4, -0.2) is 9.13 Å². The van der Waals surface area contributed by atoms with E-state index in [0.29, 0.717) is 11.1 Å². The molecule has 0 aliphatic carbocycles. The number of hydrogen-bond acceptors (Lipinski definition) is 2. The van der Waals surface area contributed by atoms with Crippen molar-refractivity contribution in [3.05, 3.63) is 169 Å². The van der Waals surface area contributed by atoms with E-state index in [4.69, 9.17) is 0 Å². The summed E-state index contributed by atoms with van der Waals surface area (Å²) in [5.41, 5.74) is 11.8. The van der Waals surface area contributed by atoms with Crippen LogP contribution in [0.15, 0.2) is 158 Å². The first kappa shape index (κ1) is 27.4. The predicted molar refractivity (Wildman–Crippen MR) is 195 cm³/mol. The second kappa shape index (κ2) is 10.9. The van der Waals surface area contributed by atoms with Crippen LogP contribution in [-0.2, 0) is 0 Å². The Morgan fingerprint density at radius 2 is 1.04 bits per heavy atom. The third-order valence-corrected chi connectivity index (χ3v) is 9.40. The fourth-order valence-electron chi connectivity index (χ4n) is 7.42. The zero-order chi connectivity index (χ0) is 32.2. The Bertz CT molecular complexity index is 2800. The van der Waals surface area contributed by atoms with Crippen molar-refractivity contribution in [2.75, 3.05) is 0 Å². The lowest BCUT2D eigenvalue weighted by molar-refractivity contribution is 1.17. The number of nitrogens with zero attached hydrogens (tertiary/aromatic N) is 4. The number of benzene rings is 7. The van der Waals surface area contributed by atoms with Gasteiger partial charge in [0.1, 0.15) is 6.07 Å². The molecule has 0 bridgehead atoms. The predicted octanol–water partition coefficient (Wildman–Crippen LogP) is 11.0. The number of fused-ring (bicyclic) bond motifs is 6. The fraction of sp³-hybridized carbons (Fsp3) is 0. The van der Waals surface area contributed by atoms with Gasteiger partial charge in [0, 0.05) is 32.8 Å². The van der Waals surface area contributed by atoms with Gasteiger partial charge in [-0.1, -0.05) is 103 Å². The molecule has 9 rings (SSSR count). The largest absolute Gasteiger partial charge is 0.309 e. The molecule has 0 aliphatic heterocycles. The summed E-state index contributed by atoms with van der Waals surface area (Å²) in [5, 5.41) is 24.4. The highest BCUT2D eigenvalue weighted by molar-refractivity contribution is 6.19. The van der Waals surface area contributed by atoms with E-state index < -0.39 is 0 Å². The highest BCUT2D eigenvalue weighted by Gasteiger charge is 2.22. The van der Waals surface area contributed by atoms with E-state index >= 15 is 0 Å². The molecule has 48 heavy (non-hydrogen) atoms. The van der Waals surface area contributed by atoms with Crippen molar-refractivity contribution >= 4 is 43.6 Å². The summed E-state index contributed by atoms with van der Waals surface area (Å²) in [5.74, 6) is 0. The second-order valence-electron chi connectivity index (χ2n) is 11.9. The maximum atomic E-state index is 10.1. The monoisotopic (exact) mass is 610 g/mol. The highest BCUT2D eigenvalue weighted by Crippen LogP contribution is 2.45. The van der Waals surface area contributed by atoms with Crippen molar-refractivity contribution in [1.29, 1.82) is 10.5 Å². The smallest absolute Gasteiger partial charge is 0.101 e. The molecule has 4 nitrogen and oxygen atoms in total. The van der Waals surface area contributed by atoms with Crippen LogP contribution in [0.2, 0.25) is 0 Å². The SMILES string of the molecule is N#Cc1ccc2c(c1)c1c(-c3ccccc3-c3cccc4c5ccccc5n(-c5ccccc5)c34)cccc1n2-c1ccccc1C#N. The maximum Gasteiger partial charge on any atom is 0.101 e. The van der Waals surface area contributed by atoms with E-state index in [1.807, 2.05) is 42.5 Å². The molecule has 0 amide bonds. The first-order valence-electron chi connectivity index (χ1n) is 15.9. The summed E-state index contributed by atoms with van der Waals surface area (Å²) < 4.78 is 4.53. The minimum Gasteiger partial charge on any atom is -0.309 e. The number of para-hydroxylation sites is 4. The Balaban J connectivity index is 1.40. The van der Waals surface area contributed by atoms with Crippen LogP contribution >= 0.6 is 0 Å². The molecular formula is C44H26N4. The van der Waals surface area contributed by atoms with E-state index in [1.165, 1.54) is 10.8 Å². The fourth-order valence-corrected chi connectivity index (χ4v) is 7.42. The average Bonchev–Trinajstić information content (AvgIpc) is 3.68. The molecule has 2 heterocycles. The molecule has 0 saturated heterocycles. The zero-order valence-electron chi connectivity index (χ0n) is 25.8. The lowest BCUT2D eigenvalue weighted by atomic mass is 9.91. The Kier molecular flexibility index (Phi) is 6.22. The Morgan fingerprint density at radius 3 is 1.88 bits per heavy atom. The van der Waals surface area contributed by atoms with Gasteiger partial charge in [0.15, 0.2) is 0 Å². The molecule has 0 fully saturated rings. The van der Waals surface area contributed by atoms with Gasteiger partial charge < -0.3 is 9.13 Å². The van der Waals surface area contributed by atoms with E-state index in [0.717, 1.165) is 66.5 Å². The molecule has 4 heteroatoms. The molecule has 222 valence electrons. The van der Waals surface area contributed by atoms with Crippen molar-refractivity contribution in [3.63, 3.8) is 0 Å². The van der Waals surface area contributed by atoms with Gasteiger partial charge in [-0.3, -0.25) is 0 Å². The first-order valence-corrected chi connectivity index (χ1v) is 15.9. The highest BCUT2D eigenvalue weighted by atomic mass is 15.0. The first-order chi connectivity index (χ1) is 23.8. The van der Waals surface area contributed by atoms with Crippen LogP contribution < -0.4 is 0 Å². The molecule has 7 aromatic carbocycles. The van der Waals surface area contributed by atoms with Crippen LogP contribution in [0.4, 0.5) is 0 Å². The van der Waals surface area contributed by atoms with Gasteiger partial charge in [0.25, 0.3) is 0 Å². The lowest BCUT2D eigenvalue weighted by Gasteiger charge is -2.16. The average molecular weight is 611 g/mol. The van der Waals surface area contributed by atoms with Gasteiger partial charge in [0.2, 0.25) is 0 Å². The minimum atomic E-state index is 0.590. The van der Waals surface area contributed by atoms with Crippen LogP contribution in [0, 0.1) is 22.7 Å². The Hall–Kier alpha value is -6.88. The molecule has 0 unspecified atom stereocenters. The molecule has 0 aliphatic rings. The van der Waals surface area contributed by atoms with E-state index in [-0.39, 0.29) is 0 Å². The van der Waals surface area contributed by atoms with Crippen LogP contribution in [0.5, 0.6) is 0 Å². The van der Waals surface area contributed by atoms with Gasteiger partial charge >= 0.3 is 0 Å². The topological polar surface area (TPSA) is 57.4 Å². The summed E-state index contributed by atoms with van der Waals surface area (Å²) in [6.45, 7) is 0. The summed E-state index contributed by atoms with van der Waals surface area (Å²) in [7, 11) is 0. The normalized spacial score (nSPS) is 11.3. The molecule has 0 atom stereocenters.